The largest absolute Gasteiger partial charge is 0.475 e. The summed E-state index contributed by atoms with van der Waals surface area (Å²) >= 11 is 6.01. The van der Waals surface area contributed by atoms with E-state index in [2.05, 4.69) is 4.98 Å². The lowest BCUT2D eigenvalue weighted by atomic mass is 10.1. The monoisotopic (exact) mass is 473 g/mol. The molecule has 0 radical (unpaired) electrons. The fourth-order valence-electron chi connectivity index (χ4n) is 3.39. The molecule has 2 saturated heterocycles. The van der Waals surface area contributed by atoms with Crippen LogP contribution in [0.15, 0.2) is 41.3 Å². The minimum absolute atomic E-state index is 0.00752. The van der Waals surface area contributed by atoms with Gasteiger partial charge < -0.3 is 20.7 Å². The molecule has 3 heterocycles. The SMILES string of the molecule is Nc1ccn([C@@H]2O[C@H](COP3(=O)OCCC(c4cccc(Cl)c4)O3)[C@@H](O)[C@@H]2O)c(=O)n1. The molecule has 0 saturated carbocycles. The van der Waals surface area contributed by atoms with Crippen LogP contribution in [0.25, 0.3) is 0 Å². The van der Waals surface area contributed by atoms with E-state index < -0.39 is 50.8 Å². The number of anilines is 1. The Morgan fingerprint density at radius 1 is 1.32 bits per heavy atom. The quantitative estimate of drug-likeness (QED) is 0.542. The van der Waals surface area contributed by atoms with Gasteiger partial charge in [-0.3, -0.25) is 18.1 Å². The second-order valence-corrected chi connectivity index (χ2v) is 9.16. The molecule has 1 aromatic heterocycles. The van der Waals surface area contributed by atoms with Gasteiger partial charge >= 0.3 is 13.5 Å². The number of nitrogen functional groups attached to an aromatic ring is 1. The van der Waals surface area contributed by atoms with Crippen molar-refractivity contribution in [2.24, 2.45) is 0 Å². The minimum Gasteiger partial charge on any atom is -0.387 e. The number of aliphatic hydroxyl groups is 2. The summed E-state index contributed by atoms with van der Waals surface area (Å²) in [7, 11) is -3.97. The van der Waals surface area contributed by atoms with Gasteiger partial charge in [0.2, 0.25) is 0 Å². The molecule has 2 aliphatic heterocycles. The predicted octanol–water partition coefficient (Wildman–Crippen LogP) is 1.40. The molecule has 2 aromatic rings. The molecule has 168 valence electrons. The van der Waals surface area contributed by atoms with Crippen LogP contribution < -0.4 is 11.4 Å². The third-order valence-electron chi connectivity index (χ3n) is 4.97. The highest BCUT2D eigenvalue weighted by Gasteiger charge is 2.46. The van der Waals surface area contributed by atoms with Crippen molar-refractivity contribution in [1.82, 2.24) is 9.55 Å². The van der Waals surface area contributed by atoms with E-state index in [9.17, 15) is 19.6 Å². The van der Waals surface area contributed by atoms with Crippen LogP contribution in [0, 0.1) is 0 Å². The van der Waals surface area contributed by atoms with Gasteiger partial charge in [0, 0.05) is 17.6 Å². The number of phosphoric ester groups is 1. The first kappa shape index (κ1) is 22.4. The summed E-state index contributed by atoms with van der Waals surface area (Å²) in [6, 6.07) is 8.30. The van der Waals surface area contributed by atoms with Gasteiger partial charge in [0.15, 0.2) is 6.23 Å². The van der Waals surface area contributed by atoms with E-state index in [4.69, 9.17) is 35.6 Å². The zero-order chi connectivity index (χ0) is 22.2. The van der Waals surface area contributed by atoms with Crippen molar-refractivity contribution >= 4 is 25.2 Å². The summed E-state index contributed by atoms with van der Waals surface area (Å²) in [5.74, 6) is 0.00752. The third-order valence-corrected chi connectivity index (χ3v) is 6.68. The van der Waals surface area contributed by atoms with E-state index in [0.717, 1.165) is 10.1 Å². The summed E-state index contributed by atoms with van der Waals surface area (Å²) in [6.07, 6.45) is -4.01. The number of halogens is 1. The summed E-state index contributed by atoms with van der Waals surface area (Å²) in [4.78, 5) is 15.6. The molecule has 2 unspecified atom stereocenters. The van der Waals surface area contributed by atoms with Crippen molar-refractivity contribution in [3.8, 4) is 0 Å². The summed E-state index contributed by atoms with van der Waals surface area (Å²) in [5, 5.41) is 21.1. The number of ether oxygens (including phenoxy) is 1. The average Bonchev–Trinajstić information content (AvgIpc) is 3.01. The number of nitrogens with two attached hydrogens (primary N) is 1. The van der Waals surface area contributed by atoms with Gasteiger partial charge in [0.05, 0.1) is 19.3 Å². The molecule has 2 fully saturated rings. The molecular formula is C18H21ClN3O8P. The number of aliphatic hydroxyl groups excluding tert-OH is 2. The predicted molar refractivity (Wildman–Crippen MR) is 108 cm³/mol. The van der Waals surface area contributed by atoms with Crippen LogP contribution in [0.2, 0.25) is 5.02 Å². The highest BCUT2D eigenvalue weighted by atomic mass is 35.5. The zero-order valence-corrected chi connectivity index (χ0v) is 17.8. The molecule has 2 aliphatic rings. The number of rotatable bonds is 5. The van der Waals surface area contributed by atoms with Gasteiger partial charge in [0.1, 0.15) is 24.1 Å². The lowest BCUT2D eigenvalue weighted by molar-refractivity contribution is -0.0609. The Kier molecular flexibility index (Phi) is 6.47. The first-order valence-corrected chi connectivity index (χ1v) is 11.3. The van der Waals surface area contributed by atoms with E-state index in [0.29, 0.717) is 11.4 Å². The maximum Gasteiger partial charge on any atom is 0.475 e. The Labute approximate surface area is 181 Å². The number of hydrogen-bond acceptors (Lipinski definition) is 10. The normalized spacial score (nSPS) is 33.5. The van der Waals surface area contributed by atoms with Gasteiger partial charge in [-0.1, -0.05) is 23.7 Å². The van der Waals surface area contributed by atoms with Crippen LogP contribution in [0.4, 0.5) is 5.82 Å². The fourth-order valence-corrected chi connectivity index (χ4v) is 4.99. The topological polar surface area (TPSA) is 155 Å². The van der Waals surface area contributed by atoms with Gasteiger partial charge in [0.25, 0.3) is 0 Å². The summed E-state index contributed by atoms with van der Waals surface area (Å²) < 4.78 is 35.6. The Hall–Kier alpha value is -1.82. The molecule has 31 heavy (non-hydrogen) atoms. The van der Waals surface area contributed by atoms with Crippen LogP contribution in [0.5, 0.6) is 0 Å². The molecule has 0 spiro atoms. The fraction of sp³-hybridized carbons (Fsp3) is 0.444. The highest BCUT2D eigenvalue weighted by Crippen LogP contribution is 2.57. The first-order valence-electron chi connectivity index (χ1n) is 9.45. The van der Waals surface area contributed by atoms with Gasteiger partial charge in [-0.25, -0.2) is 9.36 Å². The number of hydrogen-bond donors (Lipinski definition) is 3. The van der Waals surface area contributed by atoms with E-state index in [-0.39, 0.29) is 12.4 Å². The van der Waals surface area contributed by atoms with Crippen LogP contribution in [0.3, 0.4) is 0 Å². The second kappa shape index (κ2) is 8.97. The Bertz CT molecular complexity index is 1050. The number of benzene rings is 1. The van der Waals surface area contributed by atoms with Gasteiger partial charge in [-0.05, 0) is 23.8 Å². The van der Waals surface area contributed by atoms with Crippen molar-refractivity contribution in [2.75, 3.05) is 18.9 Å². The lowest BCUT2D eigenvalue weighted by Crippen LogP contribution is -2.36. The maximum atomic E-state index is 12.9. The molecular weight excluding hydrogens is 453 g/mol. The smallest absolute Gasteiger partial charge is 0.387 e. The lowest BCUT2D eigenvalue weighted by Gasteiger charge is -2.29. The van der Waals surface area contributed by atoms with Crippen molar-refractivity contribution < 1.29 is 33.1 Å². The molecule has 11 nitrogen and oxygen atoms in total. The highest BCUT2D eigenvalue weighted by molar-refractivity contribution is 7.48. The van der Waals surface area contributed by atoms with E-state index in [1.807, 2.05) is 0 Å². The van der Waals surface area contributed by atoms with Crippen molar-refractivity contribution in [2.45, 2.75) is 37.1 Å². The standard InChI is InChI=1S/C18H21ClN3O8P/c19-11-3-1-2-10(8-11)12-5-7-27-31(26,30-12)28-9-13-15(23)16(24)17(29-13)22-6-4-14(20)21-18(22)25/h1-4,6,8,12-13,15-17,23-24H,5,7,9H2,(H2,20,21,25)/t12?,13-,15-,16+,17-,31?/m1/s1. The Morgan fingerprint density at radius 2 is 2.13 bits per heavy atom. The van der Waals surface area contributed by atoms with Crippen molar-refractivity contribution in [3.05, 3.63) is 57.6 Å². The summed E-state index contributed by atoms with van der Waals surface area (Å²) in [5.41, 5.74) is 5.43. The number of phosphoric acid groups is 1. The molecule has 1 aromatic carbocycles. The van der Waals surface area contributed by atoms with E-state index in [1.165, 1.54) is 12.3 Å². The molecule has 0 bridgehead atoms. The molecule has 4 rings (SSSR count). The van der Waals surface area contributed by atoms with Crippen molar-refractivity contribution in [3.63, 3.8) is 0 Å². The minimum atomic E-state index is -3.97. The third kappa shape index (κ3) is 4.84. The molecule has 6 atom stereocenters. The molecule has 4 N–H and O–H groups in total. The van der Waals surface area contributed by atoms with Gasteiger partial charge in [-0.2, -0.15) is 4.98 Å². The van der Waals surface area contributed by atoms with Crippen LogP contribution in [0.1, 0.15) is 24.3 Å². The molecule has 13 heteroatoms. The van der Waals surface area contributed by atoms with Crippen LogP contribution in [-0.4, -0.2) is 51.3 Å². The summed E-state index contributed by atoms with van der Waals surface area (Å²) in [6.45, 7) is -0.286. The Morgan fingerprint density at radius 3 is 2.87 bits per heavy atom. The van der Waals surface area contributed by atoms with E-state index in [1.54, 1.807) is 24.3 Å². The molecule has 0 amide bonds. The molecule has 0 aliphatic carbocycles. The first-order chi connectivity index (χ1) is 14.8. The zero-order valence-electron chi connectivity index (χ0n) is 16.1. The number of nitrogens with zero attached hydrogens (tertiary/aromatic N) is 2. The van der Waals surface area contributed by atoms with Crippen LogP contribution >= 0.6 is 19.4 Å². The second-order valence-electron chi connectivity index (χ2n) is 7.10. The maximum absolute atomic E-state index is 12.9. The van der Waals surface area contributed by atoms with Gasteiger partial charge in [-0.15, -0.1) is 0 Å². The van der Waals surface area contributed by atoms with Crippen LogP contribution in [-0.2, 0) is 22.9 Å². The number of aromatic nitrogens is 2. The average molecular weight is 474 g/mol. The van der Waals surface area contributed by atoms with E-state index >= 15 is 0 Å². The Balaban J connectivity index is 1.42. The van der Waals surface area contributed by atoms with Crippen molar-refractivity contribution in [1.29, 1.82) is 0 Å².